The Morgan fingerprint density at radius 3 is 3.05 bits per heavy atom. The van der Waals surface area contributed by atoms with Gasteiger partial charge in [0.2, 0.25) is 10.0 Å². The molecule has 20 heavy (non-hydrogen) atoms. The Kier molecular flexibility index (Phi) is 4.73. The Hall–Kier alpha value is -1.45. The third kappa shape index (κ3) is 3.56. The molecule has 112 valence electrons. The molecule has 0 saturated carbocycles. The van der Waals surface area contributed by atoms with Gasteiger partial charge < -0.3 is 10.4 Å². The molecule has 0 aromatic carbocycles. The van der Waals surface area contributed by atoms with Crippen molar-refractivity contribution >= 4 is 16.0 Å². The minimum Gasteiger partial charge on any atom is -0.480 e. The molecule has 1 aromatic rings. The third-order valence-electron chi connectivity index (χ3n) is 3.30. The van der Waals surface area contributed by atoms with E-state index in [0.29, 0.717) is 19.6 Å². The third-order valence-corrected chi connectivity index (χ3v) is 5.13. The number of hydrogen-bond donors (Lipinski definition) is 3. The van der Waals surface area contributed by atoms with Crippen LogP contribution in [0.3, 0.4) is 0 Å². The summed E-state index contributed by atoms with van der Waals surface area (Å²) in [6, 6.07) is 0. The van der Waals surface area contributed by atoms with Gasteiger partial charge in [0.25, 0.3) is 0 Å². The summed E-state index contributed by atoms with van der Waals surface area (Å²) in [4.78, 5) is 10.6. The summed E-state index contributed by atoms with van der Waals surface area (Å²) < 4.78 is 26.1. The van der Waals surface area contributed by atoms with E-state index in [0.717, 1.165) is 12.8 Å². The van der Waals surface area contributed by atoms with Gasteiger partial charge in [0.15, 0.2) is 0 Å². The molecule has 0 spiro atoms. The Bertz CT molecular complexity index is 543. The second kappa shape index (κ2) is 6.33. The zero-order valence-electron chi connectivity index (χ0n) is 10.9. The molecule has 1 fully saturated rings. The van der Waals surface area contributed by atoms with Gasteiger partial charge in [-0.2, -0.15) is 9.40 Å². The van der Waals surface area contributed by atoms with Gasteiger partial charge in [0.05, 0.1) is 12.7 Å². The number of piperidine rings is 1. The summed E-state index contributed by atoms with van der Waals surface area (Å²) in [6.07, 6.45) is 4.32. The number of rotatable bonds is 6. The molecule has 0 aliphatic carbocycles. The second-order valence-corrected chi connectivity index (χ2v) is 6.77. The van der Waals surface area contributed by atoms with Crippen molar-refractivity contribution < 1.29 is 18.3 Å². The van der Waals surface area contributed by atoms with E-state index in [1.165, 1.54) is 16.7 Å². The Morgan fingerprint density at radius 1 is 1.60 bits per heavy atom. The second-order valence-electron chi connectivity index (χ2n) is 4.83. The summed E-state index contributed by atoms with van der Waals surface area (Å²) in [6.45, 7) is 1.29. The quantitative estimate of drug-likeness (QED) is 0.651. The molecule has 2 rings (SSSR count). The van der Waals surface area contributed by atoms with E-state index in [1.54, 1.807) is 0 Å². The number of carboxylic acid groups (broad SMARTS) is 1. The summed E-state index contributed by atoms with van der Waals surface area (Å²) in [5.74, 6) is -0.784. The molecule has 1 aromatic heterocycles. The number of sulfonamides is 1. The summed E-state index contributed by atoms with van der Waals surface area (Å²) in [7, 11) is -3.50. The molecule has 3 N–H and O–H groups in total. The van der Waals surface area contributed by atoms with Gasteiger partial charge in [-0.05, 0) is 25.3 Å². The van der Waals surface area contributed by atoms with Gasteiger partial charge in [-0.15, -0.1) is 0 Å². The van der Waals surface area contributed by atoms with Crippen molar-refractivity contribution in [3.63, 3.8) is 0 Å². The van der Waals surface area contributed by atoms with Crippen molar-refractivity contribution in [3.05, 3.63) is 12.4 Å². The topological polar surface area (TPSA) is 115 Å². The number of H-pyrrole nitrogens is 1. The first kappa shape index (κ1) is 14.9. The van der Waals surface area contributed by atoms with E-state index in [2.05, 4.69) is 15.5 Å². The first-order chi connectivity index (χ1) is 9.50. The van der Waals surface area contributed by atoms with Crippen molar-refractivity contribution in [2.75, 3.05) is 26.2 Å². The predicted molar refractivity (Wildman–Crippen MR) is 70.6 cm³/mol. The smallest absolute Gasteiger partial charge is 0.317 e. The molecule has 0 amide bonds. The lowest BCUT2D eigenvalue weighted by molar-refractivity contribution is -0.136. The molecule has 1 unspecified atom stereocenters. The molecular formula is C11H18N4O4S. The first-order valence-electron chi connectivity index (χ1n) is 6.41. The molecule has 0 radical (unpaired) electrons. The lowest BCUT2D eigenvalue weighted by Crippen LogP contribution is -2.43. The minimum atomic E-state index is -3.50. The molecule has 8 nitrogen and oxygen atoms in total. The van der Waals surface area contributed by atoms with E-state index >= 15 is 0 Å². The average Bonchev–Trinajstić information content (AvgIpc) is 2.93. The van der Waals surface area contributed by atoms with Crippen LogP contribution < -0.4 is 5.32 Å². The van der Waals surface area contributed by atoms with Crippen LogP contribution in [0.2, 0.25) is 0 Å². The van der Waals surface area contributed by atoms with Crippen LogP contribution in [0, 0.1) is 5.92 Å². The van der Waals surface area contributed by atoms with Crippen LogP contribution in [0.5, 0.6) is 0 Å². The lowest BCUT2D eigenvalue weighted by atomic mass is 10.00. The Balaban J connectivity index is 1.95. The standard InChI is InChI=1S/C11H18N4O4S/c16-11(17)7-12-4-9-2-1-3-15(8-9)20(18,19)10-5-13-14-6-10/h5-6,9,12H,1-4,7-8H2,(H,13,14)(H,16,17). The average molecular weight is 302 g/mol. The molecule has 2 heterocycles. The number of carboxylic acids is 1. The van der Waals surface area contributed by atoms with Crippen molar-refractivity contribution in [3.8, 4) is 0 Å². The molecule has 1 aliphatic rings. The fourth-order valence-corrected chi connectivity index (χ4v) is 3.79. The fourth-order valence-electron chi connectivity index (χ4n) is 2.32. The highest BCUT2D eigenvalue weighted by molar-refractivity contribution is 7.89. The maximum absolute atomic E-state index is 12.3. The van der Waals surface area contributed by atoms with Crippen LogP contribution in [0.1, 0.15) is 12.8 Å². The van der Waals surface area contributed by atoms with Gasteiger partial charge in [0, 0.05) is 19.3 Å². The number of aromatic amines is 1. The zero-order chi connectivity index (χ0) is 14.6. The molecule has 0 bridgehead atoms. The lowest BCUT2D eigenvalue weighted by Gasteiger charge is -2.31. The number of nitrogens with one attached hydrogen (secondary N) is 2. The highest BCUT2D eigenvalue weighted by Crippen LogP contribution is 2.22. The van der Waals surface area contributed by atoms with E-state index in [-0.39, 0.29) is 17.4 Å². The molecule has 1 atom stereocenters. The summed E-state index contributed by atoms with van der Waals surface area (Å²) >= 11 is 0. The van der Waals surface area contributed by atoms with Crippen LogP contribution in [0.25, 0.3) is 0 Å². The Morgan fingerprint density at radius 2 is 2.40 bits per heavy atom. The maximum atomic E-state index is 12.3. The SMILES string of the molecule is O=C(O)CNCC1CCCN(S(=O)(=O)c2cn[nH]c2)C1. The van der Waals surface area contributed by atoms with Crippen LogP contribution in [0.15, 0.2) is 17.3 Å². The number of carbonyl (C=O) groups is 1. The van der Waals surface area contributed by atoms with E-state index in [1.807, 2.05) is 0 Å². The number of aliphatic carboxylic acids is 1. The summed E-state index contributed by atoms with van der Waals surface area (Å²) in [5.41, 5.74) is 0. The van der Waals surface area contributed by atoms with Gasteiger partial charge in [-0.1, -0.05) is 0 Å². The monoisotopic (exact) mass is 302 g/mol. The van der Waals surface area contributed by atoms with Crippen molar-refractivity contribution in [1.29, 1.82) is 0 Å². The van der Waals surface area contributed by atoms with Crippen molar-refractivity contribution in [2.24, 2.45) is 5.92 Å². The molecule has 9 heteroatoms. The van der Waals surface area contributed by atoms with Crippen LogP contribution in [-0.4, -0.2) is 60.2 Å². The predicted octanol–water partition coefficient (Wildman–Crippen LogP) is -0.515. The van der Waals surface area contributed by atoms with Crippen molar-refractivity contribution in [2.45, 2.75) is 17.7 Å². The Labute approximate surface area is 117 Å². The maximum Gasteiger partial charge on any atom is 0.317 e. The van der Waals surface area contributed by atoms with E-state index < -0.39 is 16.0 Å². The number of hydrogen-bond acceptors (Lipinski definition) is 5. The normalized spacial score (nSPS) is 20.9. The van der Waals surface area contributed by atoms with Crippen LogP contribution >= 0.6 is 0 Å². The number of nitrogens with zero attached hydrogens (tertiary/aromatic N) is 2. The molecular weight excluding hydrogens is 284 g/mol. The van der Waals surface area contributed by atoms with Crippen molar-refractivity contribution in [1.82, 2.24) is 19.8 Å². The highest BCUT2D eigenvalue weighted by Gasteiger charge is 2.30. The minimum absolute atomic E-state index is 0.106. The highest BCUT2D eigenvalue weighted by atomic mass is 32.2. The van der Waals surface area contributed by atoms with E-state index in [9.17, 15) is 13.2 Å². The fraction of sp³-hybridized carbons (Fsp3) is 0.636. The summed E-state index contributed by atoms with van der Waals surface area (Å²) in [5, 5.41) is 17.6. The van der Waals surface area contributed by atoms with Gasteiger partial charge in [-0.25, -0.2) is 8.42 Å². The number of aromatic nitrogens is 2. The van der Waals surface area contributed by atoms with Crippen LogP contribution in [0.4, 0.5) is 0 Å². The van der Waals surface area contributed by atoms with Gasteiger partial charge >= 0.3 is 5.97 Å². The largest absolute Gasteiger partial charge is 0.480 e. The molecule has 1 saturated heterocycles. The molecule has 1 aliphatic heterocycles. The van der Waals surface area contributed by atoms with Crippen LogP contribution in [-0.2, 0) is 14.8 Å². The van der Waals surface area contributed by atoms with E-state index in [4.69, 9.17) is 5.11 Å². The van der Waals surface area contributed by atoms with Gasteiger partial charge in [-0.3, -0.25) is 9.89 Å². The zero-order valence-corrected chi connectivity index (χ0v) is 11.8. The first-order valence-corrected chi connectivity index (χ1v) is 7.85. The van der Waals surface area contributed by atoms with Gasteiger partial charge in [0.1, 0.15) is 4.90 Å².